The van der Waals surface area contributed by atoms with Gasteiger partial charge in [0.05, 0.1) is 10.0 Å². The summed E-state index contributed by atoms with van der Waals surface area (Å²) in [6.45, 7) is 0. The van der Waals surface area contributed by atoms with E-state index in [1.165, 1.54) is 24.4 Å². The maximum atomic E-state index is 12.3. The number of benzene rings is 1. The average Bonchev–Trinajstić information content (AvgIpc) is 2.31. The fourth-order valence-electron chi connectivity index (χ4n) is 1.38. The number of halogens is 4. The van der Waals surface area contributed by atoms with Crippen molar-refractivity contribution in [1.29, 1.82) is 0 Å². The highest BCUT2D eigenvalue weighted by molar-refractivity contribution is 9.10. The van der Waals surface area contributed by atoms with Crippen molar-refractivity contribution >= 4 is 21.7 Å². The molecule has 0 aliphatic rings. The SMILES string of the molecule is Nc1nc(-c2ccccc2OC(F)(F)F)ncc1Br. The Morgan fingerprint density at radius 2 is 1.89 bits per heavy atom. The molecule has 2 rings (SSSR count). The molecule has 2 N–H and O–H groups in total. The lowest BCUT2D eigenvalue weighted by atomic mass is 10.2. The van der Waals surface area contributed by atoms with E-state index in [1.807, 2.05) is 0 Å². The van der Waals surface area contributed by atoms with Crippen molar-refractivity contribution in [2.75, 3.05) is 5.73 Å². The van der Waals surface area contributed by atoms with Gasteiger partial charge in [0.1, 0.15) is 11.6 Å². The number of ether oxygens (including phenoxy) is 1. The normalized spacial score (nSPS) is 11.4. The number of alkyl halides is 3. The lowest BCUT2D eigenvalue weighted by molar-refractivity contribution is -0.274. The summed E-state index contributed by atoms with van der Waals surface area (Å²) in [5.74, 6) is -0.191. The molecule has 1 aromatic heterocycles. The largest absolute Gasteiger partial charge is 0.573 e. The highest BCUT2D eigenvalue weighted by Gasteiger charge is 2.32. The van der Waals surface area contributed by atoms with E-state index in [9.17, 15) is 13.2 Å². The molecule has 0 saturated heterocycles. The van der Waals surface area contributed by atoms with Crippen LogP contribution in [0.5, 0.6) is 5.75 Å². The maximum Gasteiger partial charge on any atom is 0.573 e. The first kappa shape index (κ1) is 13.6. The van der Waals surface area contributed by atoms with Gasteiger partial charge in [-0.1, -0.05) is 12.1 Å². The number of anilines is 1. The molecular weight excluding hydrogens is 327 g/mol. The van der Waals surface area contributed by atoms with Crippen LogP contribution < -0.4 is 10.5 Å². The quantitative estimate of drug-likeness (QED) is 0.915. The van der Waals surface area contributed by atoms with E-state index in [0.29, 0.717) is 4.47 Å². The zero-order valence-corrected chi connectivity index (χ0v) is 10.9. The van der Waals surface area contributed by atoms with Crippen LogP contribution in [0.15, 0.2) is 34.9 Å². The van der Waals surface area contributed by atoms with E-state index < -0.39 is 6.36 Å². The Labute approximate surface area is 114 Å². The minimum atomic E-state index is -4.78. The molecule has 0 saturated carbocycles. The predicted octanol–water partition coefficient (Wildman–Crippen LogP) is 3.39. The Hall–Kier alpha value is -1.83. The van der Waals surface area contributed by atoms with Gasteiger partial charge in [-0.05, 0) is 28.1 Å². The minimum Gasteiger partial charge on any atom is -0.405 e. The van der Waals surface area contributed by atoms with Crippen molar-refractivity contribution in [3.8, 4) is 17.1 Å². The number of hydrogen-bond acceptors (Lipinski definition) is 4. The van der Waals surface area contributed by atoms with E-state index in [4.69, 9.17) is 5.73 Å². The highest BCUT2D eigenvalue weighted by atomic mass is 79.9. The van der Waals surface area contributed by atoms with Gasteiger partial charge in [0.25, 0.3) is 0 Å². The molecule has 1 aromatic carbocycles. The number of nitrogens with two attached hydrogens (primary N) is 1. The molecule has 4 nitrogen and oxygen atoms in total. The molecule has 8 heteroatoms. The summed E-state index contributed by atoms with van der Waals surface area (Å²) in [5, 5.41) is 0. The Balaban J connectivity index is 2.47. The predicted molar refractivity (Wildman–Crippen MR) is 66.3 cm³/mol. The smallest absolute Gasteiger partial charge is 0.405 e. The van der Waals surface area contributed by atoms with Crippen LogP contribution in [0, 0.1) is 0 Å². The molecule has 0 amide bonds. The number of para-hydroxylation sites is 1. The van der Waals surface area contributed by atoms with Gasteiger partial charge in [0.15, 0.2) is 5.82 Å². The number of rotatable bonds is 2. The summed E-state index contributed by atoms with van der Waals surface area (Å²) < 4.78 is 41.2. The van der Waals surface area contributed by atoms with Crippen molar-refractivity contribution in [2.24, 2.45) is 0 Å². The Morgan fingerprint density at radius 1 is 1.21 bits per heavy atom. The molecule has 100 valence electrons. The molecule has 0 bridgehead atoms. The Kier molecular flexibility index (Phi) is 3.61. The molecule has 0 radical (unpaired) electrons. The van der Waals surface area contributed by atoms with Gasteiger partial charge in [-0.25, -0.2) is 9.97 Å². The molecule has 1 heterocycles. The lowest BCUT2D eigenvalue weighted by Crippen LogP contribution is -2.17. The fourth-order valence-corrected chi connectivity index (χ4v) is 1.57. The van der Waals surface area contributed by atoms with Crippen molar-refractivity contribution < 1.29 is 17.9 Å². The summed E-state index contributed by atoms with van der Waals surface area (Å²) >= 11 is 3.11. The van der Waals surface area contributed by atoms with E-state index >= 15 is 0 Å². The topological polar surface area (TPSA) is 61.0 Å². The Bertz CT molecular complexity index is 604. The third-order valence-electron chi connectivity index (χ3n) is 2.12. The van der Waals surface area contributed by atoms with Crippen LogP contribution >= 0.6 is 15.9 Å². The van der Waals surface area contributed by atoms with Crippen LogP contribution in [0.1, 0.15) is 0 Å². The van der Waals surface area contributed by atoms with E-state index in [1.54, 1.807) is 6.07 Å². The second kappa shape index (κ2) is 5.04. The van der Waals surface area contributed by atoms with Gasteiger partial charge in [-0.15, -0.1) is 13.2 Å². The van der Waals surface area contributed by atoms with Crippen LogP contribution in [0.25, 0.3) is 11.4 Å². The standard InChI is InChI=1S/C11H7BrF3N3O/c12-7-5-17-10(18-9(7)16)6-3-1-2-4-8(6)19-11(13,14)15/h1-5H,(H2,16,17,18). The van der Waals surface area contributed by atoms with Crippen molar-refractivity contribution in [2.45, 2.75) is 6.36 Å². The van der Waals surface area contributed by atoms with Gasteiger partial charge < -0.3 is 10.5 Å². The number of nitrogens with zero attached hydrogens (tertiary/aromatic N) is 2. The first-order chi connectivity index (χ1) is 8.87. The first-order valence-corrected chi connectivity index (χ1v) is 5.79. The number of nitrogen functional groups attached to an aromatic ring is 1. The first-order valence-electron chi connectivity index (χ1n) is 5.00. The number of aromatic nitrogens is 2. The van der Waals surface area contributed by atoms with Gasteiger partial charge >= 0.3 is 6.36 Å². The molecule has 19 heavy (non-hydrogen) atoms. The van der Waals surface area contributed by atoms with Crippen molar-refractivity contribution in [3.63, 3.8) is 0 Å². The fraction of sp³-hybridized carbons (Fsp3) is 0.0909. The summed E-state index contributed by atoms with van der Waals surface area (Å²) in [4.78, 5) is 7.82. The van der Waals surface area contributed by atoms with Gasteiger partial charge in [0.2, 0.25) is 0 Å². The van der Waals surface area contributed by atoms with Crippen LogP contribution in [0.2, 0.25) is 0 Å². The maximum absolute atomic E-state index is 12.3. The van der Waals surface area contributed by atoms with Gasteiger partial charge in [-0.2, -0.15) is 0 Å². The zero-order valence-electron chi connectivity index (χ0n) is 9.28. The average molecular weight is 334 g/mol. The van der Waals surface area contributed by atoms with Crippen LogP contribution in [0.4, 0.5) is 19.0 Å². The van der Waals surface area contributed by atoms with Gasteiger partial charge in [-0.3, -0.25) is 0 Å². The van der Waals surface area contributed by atoms with E-state index in [2.05, 4.69) is 30.6 Å². The summed E-state index contributed by atoms with van der Waals surface area (Å²) in [7, 11) is 0. The molecule has 2 aromatic rings. The molecular formula is C11H7BrF3N3O. The molecule has 0 atom stereocenters. The van der Waals surface area contributed by atoms with Crippen molar-refractivity contribution in [1.82, 2.24) is 9.97 Å². The molecule has 0 fully saturated rings. The van der Waals surface area contributed by atoms with Gasteiger partial charge in [0, 0.05) is 6.20 Å². The van der Waals surface area contributed by atoms with Crippen LogP contribution in [-0.2, 0) is 0 Å². The second-order valence-electron chi connectivity index (χ2n) is 3.47. The number of hydrogen-bond donors (Lipinski definition) is 1. The molecule has 0 aliphatic heterocycles. The molecule has 0 aliphatic carbocycles. The minimum absolute atomic E-state index is 0.0561. The van der Waals surface area contributed by atoms with Crippen molar-refractivity contribution in [3.05, 3.63) is 34.9 Å². The van der Waals surface area contributed by atoms with E-state index in [0.717, 1.165) is 0 Å². The summed E-state index contributed by atoms with van der Waals surface area (Å²) in [5.41, 5.74) is 5.68. The summed E-state index contributed by atoms with van der Waals surface area (Å²) in [6, 6.07) is 5.58. The third-order valence-corrected chi connectivity index (χ3v) is 2.74. The second-order valence-corrected chi connectivity index (χ2v) is 4.33. The van der Waals surface area contributed by atoms with Crippen LogP contribution in [0.3, 0.4) is 0 Å². The Morgan fingerprint density at radius 3 is 2.53 bits per heavy atom. The van der Waals surface area contributed by atoms with E-state index in [-0.39, 0.29) is 23.0 Å². The molecule has 0 unspecified atom stereocenters. The molecule has 0 spiro atoms. The summed E-state index contributed by atoms with van der Waals surface area (Å²) in [6.07, 6.45) is -3.42. The highest BCUT2D eigenvalue weighted by Crippen LogP contribution is 2.32. The monoisotopic (exact) mass is 333 g/mol. The lowest BCUT2D eigenvalue weighted by Gasteiger charge is -2.12. The van der Waals surface area contributed by atoms with Crippen LogP contribution in [-0.4, -0.2) is 16.3 Å². The third kappa shape index (κ3) is 3.34. The zero-order chi connectivity index (χ0) is 14.0.